The van der Waals surface area contributed by atoms with Crippen molar-refractivity contribution >= 4 is 11.9 Å². The highest BCUT2D eigenvalue weighted by Gasteiger charge is 2.16. The molecule has 3 heterocycles. The van der Waals surface area contributed by atoms with E-state index >= 15 is 0 Å². The monoisotopic (exact) mass is 373 g/mol. The van der Waals surface area contributed by atoms with Gasteiger partial charge in [0.05, 0.1) is 19.8 Å². The molecular formula is C19H27N5O3. The summed E-state index contributed by atoms with van der Waals surface area (Å²) in [5.74, 6) is 0.498. The second kappa shape index (κ2) is 8.39. The Balaban J connectivity index is 1.57. The van der Waals surface area contributed by atoms with Crippen LogP contribution in [0, 0.1) is 13.8 Å². The molecule has 0 saturated carbocycles. The highest BCUT2D eigenvalue weighted by atomic mass is 16.5. The van der Waals surface area contributed by atoms with E-state index in [-0.39, 0.29) is 17.9 Å². The summed E-state index contributed by atoms with van der Waals surface area (Å²) in [5, 5.41) is 2.91. The zero-order valence-corrected chi connectivity index (χ0v) is 16.2. The van der Waals surface area contributed by atoms with Crippen molar-refractivity contribution < 1.29 is 9.53 Å². The Bertz CT molecular complexity index is 865. The average molecular weight is 373 g/mol. The lowest BCUT2D eigenvalue weighted by atomic mass is 10.1. The lowest BCUT2D eigenvalue weighted by Gasteiger charge is -2.27. The maximum absolute atomic E-state index is 12.5. The van der Waals surface area contributed by atoms with Crippen molar-refractivity contribution in [1.29, 1.82) is 0 Å². The summed E-state index contributed by atoms with van der Waals surface area (Å²) in [6.45, 7) is 7.00. The van der Waals surface area contributed by atoms with Gasteiger partial charge in [0.15, 0.2) is 0 Å². The lowest BCUT2D eigenvalue weighted by molar-refractivity contribution is -0.121. The van der Waals surface area contributed by atoms with Crippen LogP contribution in [-0.4, -0.2) is 46.7 Å². The molecule has 2 aromatic heterocycles. The van der Waals surface area contributed by atoms with E-state index in [1.165, 1.54) is 0 Å². The van der Waals surface area contributed by atoms with Crippen LogP contribution in [0.15, 0.2) is 16.9 Å². The average Bonchev–Trinajstić information content (AvgIpc) is 2.98. The van der Waals surface area contributed by atoms with Crippen LogP contribution in [0.1, 0.15) is 29.1 Å². The maximum Gasteiger partial charge on any atom is 0.255 e. The summed E-state index contributed by atoms with van der Waals surface area (Å²) in [6.07, 6.45) is 0.626. The van der Waals surface area contributed by atoms with Crippen LogP contribution in [0.2, 0.25) is 0 Å². The Morgan fingerprint density at radius 1 is 1.30 bits per heavy atom. The zero-order valence-electron chi connectivity index (χ0n) is 16.2. The zero-order chi connectivity index (χ0) is 19.4. The summed E-state index contributed by atoms with van der Waals surface area (Å²) >= 11 is 0. The number of morpholine rings is 1. The summed E-state index contributed by atoms with van der Waals surface area (Å²) in [6, 6.07) is 4.02. The number of aryl methyl sites for hydroxylation is 2. The number of aromatic nitrogens is 3. The van der Waals surface area contributed by atoms with Crippen molar-refractivity contribution in [1.82, 2.24) is 19.9 Å². The first-order valence-electron chi connectivity index (χ1n) is 9.26. The third kappa shape index (κ3) is 4.57. The second-order valence-corrected chi connectivity index (χ2v) is 6.85. The molecule has 0 aliphatic carbocycles. The van der Waals surface area contributed by atoms with Gasteiger partial charge >= 0.3 is 0 Å². The number of nitrogens with zero attached hydrogens (tertiary/aromatic N) is 3. The molecule has 2 aromatic rings. The number of amides is 1. The first kappa shape index (κ1) is 19.2. The molecule has 0 radical (unpaired) electrons. The molecule has 8 heteroatoms. The van der Waals surface area contributed by atoms with Crippen molar-refractivity contribution in [2.75, 3.05) is 31.2 Å². The topological polar surface area (TPSA) is 92.2 Å². The van der Waals surface area contributed by atoms with Crippen LogP contribution in [-0.2, 0) is 29.5 Å². The highest BCUT2D eigenvalue weighted by molar-refractivity contribution is 5.76. The predicted octanol–water partition coefficient (Wildman–Crippen LogP) is 0.811. The second-order valence-electron chi connectivity index (χ2n) is 6.85. The number of carbonyl (C=O) groups excluding carboxylic acids is 1. The molecule has 1 fully saturated rings. The number of carbonyl (C=O) groups is 1. The molecule has 3 rings (SSSR count). The van der Waals surface area contributed by atoms with Gasteiger partial charge in [0.25, 0.3) is 5.56 Å². The standard InChI is InChI=1S/C19H27N5O3/c1-13-4-5-15(23(13)3)12-20-17(25)7-6-16-14(2)21-19(22-18(16)26)24-8-10-27-11-9-24/h4-5H,6-12H2,1-3H3,(H,20,25)(H,21,22,26). The van der Waals surface area contributed by atoms with Gasteiger partial charge in [-0.25, -0.2) is 4.98 Å². The quantitative estimate of drug-likeness (QED) is 0.782. The van der Waals surface area contributed by atoms with Gasteiger partial charge in [-0.15, -0.1) is 0 Å². The Morgan fingerprint density at radius 2 is 2.04 bits per heavy atom. The molecule has 1 saturated heterocycles. The number of nitrogens with one attached hydrogen (secondary N) is 2. The summed E-state index contributed by atoms with van der Waals surface area (Å²) in [5.41, 5.74) is 3.26. The van der Waals surface area contributed by atoms with Crippen LogP contribution in [0.5, 0.6) is 0 Å². The molecule has 0 bridgehead atoms. The molecule has 8 nitrogen and oxygen atoms in total. The van der Waals surface area contributed by atoms with E-state index in [2.05, 4.69) is 15.3 Å². The van der Waals surface area contributed by atoms with E-state index in [0.29, 0.717) is 56.5 Å². The summed E-state index contributed by atoms with van der Waals surface area (Å²) in [7, 11) is 1.97. The van der Waals surface area contributed by atoms with Crippen LogP contribution in [0.25, 0.3) is 0 Å². The number of hydrogen-bond acceptors (Lipinski definition) is 5. The van der Waals surface area contributed by atoms with Crippen molar-refractivity contribution in [3.8, 4) is 0 Å². The van der Waals surface area contributed by atoms with E-state index in [1.807, 2.05) is 42.5 Å². The molecule has 2 N–H and O–H groups in total. The maximum atomic E-state index is 12.5. The van der Waals surface area contributed by atoms with E-state index in [4.69, 9.17) is 4.74 Å². The lowest BCUT2D eigenvalue weighted by Crippen LogP contribution is -2.38. The largest absolute Gasteiger partial charge is 0.378 e. The number of ether oxygens (including phenoxy) is 1. The molecule has 1 amide bonds. The first-order valence-corrected chi connectivity index (χ1v) is 9.26. The molecule has 0 unspecified atom stereocenters. The van der Waals surface area contributed by atoms with Gasteiger partial charge in [-0.2, -0.15) is 0 Å². The fourth-order valence-electron chi connectivity index (χ4n) is 3.18. The van der Waals surface area contributed by atoms with Crippen LogP contribution in [0.3, 0.4) is 0 Å². The highest BCUT2D eigenvalue weighted by Crippen LogP contribution is 2.11. The third-order valence-corrected chi connectivity index (χ3v) is 5.07. The van der Waals surface area contributed by atoms with Gasteiger partial charge in [-0.3, -0.25) is 14.6 Å². The van der Waals surface area contributed by atoms with Gasteiger partial charge in [-0.1, -0.05) is 0 Å². The Hall–Kier alpha value is -2.61. The van der Waals surface area contributed by atoms with E-state index in [9.17, 15) is 9.59 Å². The Kier molecular flexibility index (Phi) is 5.95. The normalized spacial score (nSPS) is 14.4. The van der Waals surface area contributed by atoms with Crippen LogP contribution in [0.4, 0.5) is 5.95 Å². The van der Waals surface area contributed by atoms with Crippen molar-refractivity contribution in [3.63, 3.8) is 0 Å². The minimum atomic E-state index is -0.171. The minimum Gasteiger partial charge on any atom is -0.378 e. The number of hydrogen-bond donors (Lipinski definition) is 2. The molecule has 0 spiro atoms. The molecule has 0 atom stereocenters. The number of aromatic amines is 1. The molecule has 146 valence electrons. The van der Waals surface area contributed by atoms with E-state index in [0.717, 1.165) is 11.4 Å². The van der Waals surface area contributed by atoms with Gasteiger partial charge in [-0.05, 0) is 32.4 Å². The van der Waals surface area contributed by atoms with Gasteiger partial charge < -0.3 is 19.5 Å². The third-order valence-electron chi connectivity index (χ3n) is 5.07. The molecule has 1 aliphatic rings. The van der Waals surface area contributed by atoms with Crippen molar-refractivity contribution in [2.24, 2.45) is 7.05 Å². The van der Waals surface area contributed by atoms with Crippen LogP contribution < -0.4 is 15.8 Å². The molecule has 1 aliphatic heterocycles. The Morgan fingerprint density at radius 3 is 2.67 bits per heavy atom. The SMILES string of the molecule is Cc1nc(N2CCOCC2)[nH]c(=O)c1CCC(=O)NCc1ccc(C)n1C. The van der Waals surface area contributed by atoms with Crippen molar-refractivity contribution in [2.45, 2.75) is 33.2 Å². The smallest absolute Gasteiger partial charge is 0.255 e. The van der Waals surface area contributed by atoms with E-state index < -0.39 is 0 Å². The van der Waals surface area contributed by atoms with Crippen molar-refractivity contribution in [3.05, 3.63) is 45.1 Å². The van der Waals surface area contributed by atoms with E-state index in [1.54, 1.807) is 0 Å². The number of rotatable bonds is 6. The molecular weight excluding hydrogens is 346 g/mol. The fraction of sp³-hybridized carbons (Fsp3) is 0.526. The molecule has 27 heavy (non-hydrogen) atoms. The number of anilines is 1. The Labute approximate surface area is 158 Å². The van der Waals surface area contributed by atoms with Gasteiger partial charge in [0, 0.05) is 49.2 Å². The predicted molar refractivity (Wildman–Crippen MR) is 103 cm³/mol. The van der Waals surface area contributed by atoms with Gasteiger partial charge in [0.1, 0.15) is 0 Å². The van der Waals surface area contributed by atoms with Crippen LogP contribution >= 0.6 is 0 Å². The number of H-pyrrole nitrogens is 1. The minimum absolute atomic E-state index is 0.0788. The summed E-state index contributed by atoms with van der Waals surface area (Å²) < 4.78 is 7.37. The first-order chi connectivity index (χ1) is 13.0. The fourth-order valence-corrected chi connectivity index (χ4v) is 3.18. The summed E-state index contributed by atoms with van der Waals surface area (Å²) in [4.78, 5) is 34.0. The van der Waals surface area contributed by atoms with Gasteiger partial charge in [0.2, 0.25) is 11.9 Å². The molecule has 0 aromatic carbocycles.